The Labute approximate surface area is 183 Å². The van der Waals surface area contributed by atoms with Crippen LogP contribution in [-0.2, 0) is 0 Å². The molecule has 3 aromatic rings. The van der Waals surface area contributed by atoms with E-state index in [0.29, 0.717) is 12.2 Å². The van der Waals surface area contributed by atoms with Gasteiger partial charge in [0, 0.05) is 5.56 Å². The van der Waals surface area contributed by atoms with E-state index < -0.39 is 11.6 Å². The minimum absolute atomic E-state index is 0.0386. The van der Waals surface area contributed by atoms with Gasteiger partial charge >= 0.3 is 0 Å². The van der Waals surface area contributed by atoms with Crippen LogP contribution in [0.2, 0.25) is 0 Å². The van der Waals surface area contributed by atoms with Crippen LogP contribution in [0.1, 0.15) is 46.0 Å². The molecule has 164 valence electrons. The summed E-state index contributed by atoms with van der Waals surface area (Å²) in [6, 6.07) is 18.4. The van der Waals surface area contributed by atoms with E-state index in [0.717, 1.165) is 42.7 Å². The number of benzene rings is 3. The van der Waals surface area contributed by atoms with Gasteiger partial charge in [-0.3, -0.25) is 0 Å². The summed E-state index contributed by atoms with van der Waals surface area (Å²) in [7, 11) is 0. The molecule has 0 atom stereocenters. The summed E-state index contributed by atoms with van der Waals surface area (Å²) in [6.45, 7) is 5.29. The first-order chi connectivity index (χ1) is 15.1. The van der Waals surface area contributed by atoms with Crippen LogP contribution >= 0.6 is 0 Å². The van der Waals surface area contributed by atoms with Gasteiger partial charge in [0.25, 0.3) is 0 Å². The van der Waals surface area contributed by atoms with Crippen molar-refractivity contribution in [2.24, 2.45) is 0 Å². The van der Waals surface area contributed by atoms with Crippen LogP contribution < -0.4 is 9.47 Å². The van der Waals surface area contributed by atoms with Crippen molar-refractivity contribution in [3.05, 3.63) is 72.3 Å². The molecule has 0 saturated carbocycles. The lowest BCUT2D eigenvalue weighted by atomic mass is 9.99. The number of ether oxygens (including phenoxy) is 2. The quantitative estimate of drug-likeness (QED) is 0.290. The van der Waals surface area contributed by atoms with Gasteiger partial charge in [0.05, 0.1) is 13.2 Å². The van der Waals surface area contributed by atoms with E-state index in [1.54, 1.807) is 18.2 Å². The van der Waals surface area contributed by atoms with Crippen LogP contribution in [0.15, 0.2) is 60.7 Å². The van der Waals surface area contributed by atoms with Crippen molar-refractivity contribution in [1.29, 1.82) is 0 Å². The zero-order valence-corrected chi connectivity index (χ0v) is 18.3. The highest BCUT2D eigenvalue weighted by Gasteiger charge is 2.16. The van der Waals surface area contributed by atoms with E-state index in [4.69, 9.17) is 9.47 Å². The van der Waals surface area contributed by atoms with Gasteiger partial charge in [0.1, 0.15) is 5.75 Å². The Balaban J connectivity index is 1.69. The topological polar surface area (TPSA) is 18.5 Å². The number of hydrogen-bond donors (Lipinski definition) is 0. The van der Waals surface area contributed by atoms with E-state index in [-0.39, 0.29) is 11.3 Å². The number of hydrogen-bond acceptors (Lipinski definition) is 2. The molecule has 0 amide bonds. The largest absolute Gasteiger partial charge is 0.494 e. The first-order valence-corrected chi connectivity index (χ1v) is 11.1. The lowest BCUT2D eigenvalue weighted by molar-refractivity contribution is 0.289. The summed E-state index contributed by atoms with van der Waals surface area (Å²) < 4.78 is 40.1. The van der Waals surface area contributed by atoms with Crippen molar-refractivity contribution in [1.82, 2.24) is 0 Å². The average molecular weight is 425 g/mol. The highest BCUT2D eigenvalue weighted by atomic mass is 19.2. The molecule has 0 bridgehead atoms. The molecule has 0 aliphatic heterocycles. The predicted molar refractivity (Wildman–Crippen MR) is 123 cm³/mol. The minimum Gasteiger partial charge on any atom is -0.494 e. The Hall–Kier alpha value is -2.88. The fourth-order valence-corrected chi connectivity index (χ4v) is 3.32. The fraction of sp³-hybridized carbons (Fsp3) is 0.333. The summed E-state index contributed by atoms with van der Waals surface area (Å²) in [4.78, 5) is 0. The Kier molecular flexibility index (Phi) is 8.45. The Morgan fingerprint density at radius 3 is 1.81 bits per heavy atom. The van der Waals surface area contributed by atoms with E-state index in [9.17, 15) is 8.78 Å². The van der Waals surface area contributed by atoms with E-state index >= 15 is 0 Å². The van der Waals surface area contributed by atoms with Crippen molar-refractivity contribution in [2.45, 2.75) is 46.0 Å². The van der Waals surface area contributed by atoms with Gasteiger partial charge < -0.3 is 9.47 Å². The fourth-order valence-electron chi connectivity index (χ4n) is 3.32. The zero-order chi connectivity index (χ0) is 22.1. The van der Waals surface area contributed by atoms with Crippen LogP contribution in [0.25, 0.3) is 22.3 Å². The van der Waals surface area contributed by atoms with Crippen molar-refractivity contribution in [3.8, 4) is 33.8 Å². The van der Waals surface area contributed by atoms with Crippen LogP contribution in [-0.4, -0.2) is 13.2 Å². The molecule has 4 heteroatoms. The number of rotatable bonds is 11. The molecule has 0 heterocycles. The van der Waals surface area contributed by atoms with Crippen molar-refractivity contribution in [2.75, 3.05) is 13.2 Å². The van der Waals surface area contributed by atoms with Crippen LogP contribution in [0.4, 0.5) is 8.78 Å². The van der Waals surface area contributed by atoms with Gasteiger partial charge in [0.15, 0.2) is 11.6 Å². The summed E-state index contributed by atoms with van der Waals surface area (Å²) in [5, 5.41) is 0. The molecule has 0 N–H and O–H groups in total. The van der Waals surface area contributed by atoms with E-state index in [1.807, 2.05) is 43.3 Å². The lowest BCUT2D eigenvalue weighted by Gasteiger charge is -2.11. The zero-order valence-electron chi connectivity index (χ0n) is 18.3. The molecular weight excluding hydrogens is 394 g/mol. The molecule has 0 aliphatic rings. The summed E-state index contributed by atoms with van der Waals surface area (Å²) >= 11 is 0. The number of unbranched alkanes of at least 4 members (excludes halogenated alkanes) is 3. The Bertz CT molecular complexity index is 950. The third kappa shape index (κ3) is 6.06. The summed E-state index contributed by atoms with van der Waals surface area (Å²) in [5.41, 5.74) is 2.89. The highest BCUT2D eigenvalue weighted by molar-refractivity contribution is 5.71. The van der Waals surface area contributed by atoms with E-state index in [1.165, 1.54) is 18.9 Å². The minimum atomic E-state index is -0.938. The first kappa shape index (κ1) is 22.8. The highest BCUT2D eigenvalue weighted by Crippen LogP contribution is 2.32. The van der Waals surface area contributed by atoms with Gasteiger partial charge in [-0.1, -0.05) is 69.5 Å². The average Bonchev–Trinajstić information content (AvgIpc) is 2.80. The van der Waals surface area contributed by atoms with Crippen molar-refractivity contribution in [3.63, 3.8) is 0 Å². The molecule has 0 aromatic heterocycles. The number of halogens is 2. The molecule has 0 spiro atoms. The molecule has 31 heavy (non-hydrogen) atoms. The second-order valence-electron chi connectivity index (χ2n) is 7.60. The molecule has 0 radical (unpaired) electrons. The Morgan fingerprint density at radius 1 is 0.581 bits per heavy atom. The second kappa shape index (κ2) is 11.5. The molecule has 0 fully saturated rings. The van der Waals surface area contributed by atoms with Crippen LogP contribution in [0.3, 0.4) is 0 Å². The second-order valence-corrected chi connectivity index (χ2v) is 7.60. The maximum atomic E-state index is 14.6. The SMILES string of the molecule is CCCCCOc1ccc(-c2ccc(-c3ccc(OCCCC)c(F)c3F)cc2)cc1. The van der Waals surface area contributed by atoms with Crippen LogP contribution in [0.5, 0.6) is 11.5 Å². The van der Waals surface area contributed by atoms with Crippen molar-refractivity contribution < 1.29 is 18.3 Å². The molecule has 0 saturated heterocycles. The molecular formula is C27H30F2O2. The van der Waals surface area contributed by atoms with Crippen molar-refractivity contribution >= 4 is 0 Å². The lowest BCUT2D eigenvalue weighted by Crippen LogP contribution is -2.01. The predicted octanol–water partition coefficient (Wildman–Crippen LogP) is 8.05. The van der Waals surface area contributed by atoms with E-state index in [2.05, 4.69) is 6.92 Å². The van der Waals surface area contributed by atoms with Gasteiger partial charge in [-0.2, -0.15) is 4.39 Å². The molecule has 2 nitrogen and oxygen atoms in total. The molecule has 0 aliphatic carbocycles. The Morgan fingerprint density at radius 2 is 1.16 bits per heavy atom. The standard InChI is InChI=1S/C27H30F2O2/c1-3-5-7-19-30-23-14-12-21(13-15-23)20-8-10-22(11-9-20)24-16-17-25(27(29)26(24)28)31-18-6-4-2/h8-17H,3-7,18-19H2,1-2H3. The van der Waals surface area contributed by atoms with Gasteiger partial charge in [-0.05, 0) is 53.8 Å². The molecule has 3 aromatic carbocycles. The van der Waals surface area contributed by atoms with Crippen LogP contribution in [0, 0.1) is 11.6 Å². The summed E-state index contributed by atoms with van der Waals surface area (Å²) in [6.07, 6.45) is 5.14. The third-order valence-electron chi connectivity index (χ3n) is 5.20. The van der Waals surface area contributed by atoms with Gasteiger partial charge in [0.2, 0.25) is 5.82 Å². The summed E-state index contributed by atoms with van der Waals surface area (Å²) in [5.74, 6) is -1.00. The van der Waals surface area contributed by atoms with Gasteiger partial charge in [-0.25, -0.2) is 4.39 Å². The van der Waals surface area contributed by atoms with Gasteiger partial charge in [-0.15, -0.1) is 0 Å². The first-order valence-electron chi connectivity index (χ1n) is 11.1. The molecule has 0 unspecified atom stereocenters. The maximum Gasteiger partial charge on any atom is 0.201 e. The molecule has 3 rings (SSSR count). The normalized spacial score (nSPS) is 10.8. The smallest absolute Gasteiger partial charge is 0.201 e. The monoisotopic (exact) mass is 424 g/mol. The maximum absolute atomic E-state index is 14.6. The third-order valence-corrected chi connectivity index (χ3v) is 5.20.